The summed E-state index contributed by atoms with van der Waals surface area (Å²) in [7, 11) is -3.93. The zero-order valence-corrected chi connectivity index (χ0v) is 13.0. The summed E-state index contributed by atoms with van der Waals surface area (Å²) in [4.78, 5) is -0.365. The lowest BCUT2D eigenvalue weighted by atomic mass is 10.2. The number of aryl methyl sites for hydroxylation is 1. The lowest BCUT2D eigenvalue weighted by Gasteiger charge is -2.10. The fourth-order valence-corrected chi connectivity index (χ4v) is 3.73. The van der Waals surface area contributed by atoms with Gasteiger partial charge in [-0.15, -0.1) is 10.2 Å². The zero-order valence-electron chi connectivity index (χ0n) is 12.2. The Morgan fingerprint density at radius 1 is 1.26 bits per heavy atom. The lowest BCUT2D eigenvalue weighted by Crippen LogP contribution is -2.13. The predicted molar refractivity (Wildman–Crippen MR) is 75.4 cm³/mol. The maximum atomic E-state index is 12.7. The lowest BCUT2D eigenvalue weighted by molar-refractivity contribution is -0.137. The van der Waals surface area contributed by atoms with Crippen molar-refractivity contribution in [2.75, 3.05) is 0 Å². The molecule has 23 heavy (non-hydrogen) atoms. The molecule has 1 saturated carbocycles. The molecule has 9 heteroatoms. The van der Waals surface area contributed by atoms with E-state index in [4.69, 9.17) is 0 Å². The summed E-state index contributed by atoms with van der Waals surface area (Å²) in [6, 6.07) is 3.94. The second-order valence-electron chi connectivity index (χ2n) is 5.55. The molecule has 0 amide bonds. The van der Waals surface area contributed by atoms with Crippen LogP contribution in [0.2, 0.25) is 0 Å². The van der Waals surface area contributed by atoms with Crippen molar-refractivity contribution >= 4 is 9.84 Å². The largest absolute Gasteiger partial charge is 0.416 e. The number of nitrogens with zero attached hydrogens (tertiary/aromatic N) is 3. The molecule has 0 bridgehead atoms. The number of benzene rings is 1. The molecule has 0 unspecified atom stereocenters. The molecule has 0 saturated heterocycles. The van der Waals surface area contributed by atoms with Gasteiger partial charge < -0.3 is 4.57 Å². The molecule has 5 nitrogen and oxygen atoms in total. The molecule has 1 fully saturated rings. The molecule has 1 aromatic heterocycles. The highest BCUT2D eigenvalue weighted by atomic mass is 32.2. The molecular weight excluding hydrogens is 331 g/mol. The Balaban J connectivity index is 1.94. The van der Waals surface area contributed by atoms with Crippen molar-refractivity contribution in [3.8, 4) is 0 Å². The van der Waals surface area contributed by atoms with Crippen LogP contribution in [0.4, 0.5) is 13.2 Å². The Morgan fingerprint density at radius 2 is 1.96 bits per heavy atom. The minimum atomic E-state index is -4.59. The van der Waals surface area contributed by atoms with Gasteiger partial charge >= 0.3 is 6.18 Å². The van der Waals surface area contributed by atoms with Gasteiger partial charge in [0.1, 0.15) is 17.4 Å². The number of aromatic nitrogens is 3. The third-order valence-corrected chi connectivity index (χ3v) is 5.30. The van der Waals surface area contributed by atoms with Crippen molar-refractivity contribution in [2.45, 2.75) is 42.6 Å². The molecule has 1 aliphatic rings. The molecule has 2 aromatic rings. The van der Waals surface area contributed by atoms with Gasteiger partial charge in [-0.2, -0.15) is 13.2 Å². The average Bonchev–Trinajstić information content (AvgIpc) is 3.23. The third-order valence-electron chi connectivity index (χ3n) is 3.69. The molecule has 0 radical (unpaired) electrons. The van der Waals surface area contributed by atoms with Crippen molar-refractivity contribution < 1.29 is 21.6 Å². The Hall–Kier alpha value is -1.90. The third kappa shape index (κ3) is 3.24. The molecule has 0 atom stereocenters. The first kappa shape index (κ1) is 16.0. The van der Waals surface area contributed by atoms with Crippen molar-refractivity contribution in [3.05, 3.63) is 41.5 Å². The van der Waals surface area contributed by atoms with Crippen LogP contribution in [0.15, 0.2) is 29.2 Å². The first-order valence-corrected chi connectivity index (χ1v) is 8.64. The van der Waals surface area contributed by atoms with Gasteiger partial charge in [0, 0.05) is 6.04 Å². The average molecular weight is 345 g/mol. The van der Waals surface area contributed by atoms with Crippen LogP contribution in [0.5, 0.6) is 0 Å². The highest BCUT2D eigenvalue weighted by Crippen LogP contribution is 2.37. The number of rotatable bonds is 4. The van der Waals surface area contributed by atoms with Gasteiger partial charge in [-0.25, -0.2) is 8.42 Å². The number of halogens is 3. The number of alkyl halides is 3. The summed E-state index contributed by atoms with van der Waals surface area (Å²) in [5, 5.41) is 7.75. The Kier molecular flexibility index (Phi) is 3.70. The highest BCUT2D eigenvalue weighted by Gasteiger charge is 2.33. The van der Waals surface area contributed by atoms with E-state index in [0.717, 1.165) is 31.0 Å². The van der Waals surface area contributed by atoms with E-state index >= 15 is 0 Å². The molecule has 1 heterocycles. The SMILES string of the molecule is Cc1nnc(CS(=O)(=O)c2cccc(C(F)(F)F)c2)n1C1CC1. The molecule has 124 valence electrons. The highest BCUT2D eigenvalue weighted by molar-refractivity contribution is 7.90. The normalized spacial score (nSPS) is 15.8. The van der Waals surface area contributed by atoms with Gasteiger partial charge in [0.15, 0.2) is 9.84 Å². The zero-order chi connectivity index (χ0) is 16.8. The summed E-state index contributed by atoms with van der Waals surface area (Å²) in [5.74, 6) is 0.412. The van der Waals surface area contributed by atoms with Gasteiger partial charge in [-0.3, -0.25) is 0 Å². The first-order valence-electron chi connectivity index (χ1n) is 6.99. The van der Waals surface area contributed by atoms with Gasteiger partial charge in [0.2, 0.25) is 0 Å². The Labute approximate surface area is 131 Å². The van der Waals surface area contributed by atoms with Crippen LogP contribution < -0.4 is 0 Å². The fraction of sp³-hybridized carbons (Fsp3) is 0.429. The van der Waals surface area contributed by atoms with E-state index in [1.165, 1.54) is 0 Å². The number of hydrogen-bond donors (Lipinski definition) is 0. The van der Waals surface area contributed by atoms with E-state index in [2.05, 4.69) is 10.2 Å². The van der Waals surface area contributed by atoms with Crippen LogP contribution in [0.3, 0.4) is 0 Å². The number of hydrogen-bond acceptors (Lipinski definition) is 4. The van der Waals surface area contributed by atoms with Crippen LogP contribution in [0.1, 0.15) is 36.1 Å². The van der Waals surface area contributed by atoms with E-state index in [-0.39, 0.29) is 16.8 Å². The minimum Gasteiger partial charge on any atom is -0.311 e. The van der Waals surface area contributed by atoms with E-state index in [1.54, 1.807) is 11.5 Å². The number of sulfone groups is 1. The van der Waals surface area contributed by atoms with E-state index in [1.807, 2.05) is 0 Å². The van der Waals surface area contributed by atoms with Gasteiger partial charge in [-0.1, -0.05) is 6.07 Å². The predicted octanol–water partition coefficient (Wildman–Crippen LogP) is 2.91. The first-order chi connectivity index (χ1) is 10.7. The topological polar surface area (TPSA) is 64.8 Å². The van der Waals surface area contributed by atoms with Gasteiger partial charge in [0.05, 0.1) is 10.5 Å². The van der Waals surface area contributed by atoms with Gasteiger partial charge in [0.25, 0.3) is 0 Å². The monoisotopic (exact) mass is 345 g/mol. The summed E-state index contributed by atoms with van der Waals surface area (Å²) >= 11 is 0. The summed E-state index contributed by atoms with van der Waals surface area (Å²) < 4.78 is 64.9. The van der Waals surface area contributed by atoms with Crippen molar-refractivity contribution in [1.29, 1.82) is 0 Å². The maximum absolute atomic E-state index is 12.7. The second-order valence-corrected chi connectivity index (χ2v) is 7.54. The molecule has 1 aromatic carbocycles. The van der Waals surface area contributed by atoms with E-state index in [0.29, 0.717) is 11.9 Å². The standard InChI is InChI=1S/C14H14F3N3O2S/c1-9-18-19-13(20(9)11-5-6-11)8-23(21,22)12-4-2-3-10(7-12)14(15,16)17/h2-4,7,11H,5-6,8H2,1H3. The van der Waals surface area contributed by atoms with Crippen molar-refractivity contribution in [3.63, 3.8) is 0 Å². The second kappa shape index (κ2) is 5.33. The van der Waals surface area contributed by atoms with Crippen molar-refractivity contribution in [1.82, 2.24) is 14.8 Å². The molecule has 1 aliphatic carbocycles. The van der Waals surface area contributed by atoms with E-state index in [9.17, 15) is 21.6 Å². The van der Waals surface area contributed by atoms with Crippen LogP contribution in [0, 0.1) is 6.92 Å². The molecule has 0 aliphatic heterocycles. The van der Waals surface area contributed by atoms with E-state index < -0.39 is 27.3 Å². The molecule has 0 spiro atoms. The Morgan fingerprint density at radius 3 is 2.57 bits per heavy atom. The van der Waals surface area contributed by atoms with Crippen molar-refractivity contribution in [2.24, 2.45) is 0 Å². The van der Waals surface area contributed by atoms with Crippen LogP contribution in [-0.4, -0.2) is 23.2 Å². The van der Waals surface area contributed by atoms with Crippen LogP contribution in [0.25, 0.3) is 0 Å². The maximum Gasteiger partial charge on any atom is 0.416 e. The summed E-state index contributed by atoms with van der Waals surface area (Å²) in [6.45, 7) is 1.73. The Bertz CT molecular complexity index is 839. The molecule has 0 N–H and O–H groups in total. The fourth-order valence-electron chi connectivity index (χ4n) is 2.44. The quantitative estimate of drug-likeness (QED) is 0.855. The molecular formula is C14H14F3N3O2S. The smallest absolute Gasteiger partial charge is 0.311 e. The minimum absolute atomic E-state index is 0.191. The van der Waals surface area contributed by atoms with Gasteiger partial charge in [-0.05, 0) is 38.0 Å². The molecule has 3 rings (SSSR count). The van der Waals surface area contributed by atoms with Crippen LogP contribution >= 0.6 is 0 Å². The van der Waals surface area contributed by atoms with Crippen LogP contribution in [-0.2, 0) is 21.8 Å². The summed E-state index contributed by atoms with van der Waals surface area (Å²) in [5.41, 5.74) is -0.988. The summed E-state index contributed by atoms with van der Waals surface area (Å²) in [6.07, 6.45) is -2.73.